The molecule has 208 valence electrons. The summed E-state index contributed by atoms with van der Waals surface area (Å²) in [5, 5.41) is 6.55. The average Bonchev–Trinajstić information content (AvgIpc) is 3.32. The van der Waals surface area contributed by atoms with Crippen molar-refractivity contribution in [2.45, 2.75) is 18.1 Å². The van der Waals surface area contributed by atoms with Crippen LogP contribution in [0.1, 0.15) is 11.5 Å². The number of ether oxygens (including phenoxy) is 2. The maximum Gasteiger partial charge on any atom is 0.401 e. The quantitative estimate of drug-likeness (QED) is 0.292. The molecule has 40 heavy (non-hydrogen) atoms. The van der Waals surface area contributed by atoms with Crippen molar-refractivity contribution in [3.8, 4) is 22.8 Å². The molecule has 7 nitrogen and oxygen atoms in total. The zero-order valence-electron chi connectivity index (χ0n) is 22.0. The Labute approximate surface area is 229 Å². The summed E-state index contributed by atoms with van der Waals surface area (Å²) < 4.78 is 50.4. The highest BCUT2D eigenvalue weighted by Gasteiger charge is 2.40. The largest absolute Gasteiger partial charge is 0.493 e. The van der Waals surface area contributed by atoms with E-state index >= 15 is 0 Å². The zero-order valence-corrected chi connectivity index (χ0v) is 22.0. The summed E-state index contributed by atoms with van der Waals surface area (Å²) in [4.78, 5) is 19.5. The van der Waals surface area contributed by atoms with E-state index in [-0.39, 0.29) is 19.0 Å². The van der Waals surface area contributed by atoms with Crippen LogP contribution in [-0.2, 0) is 0 Å². The standard InChI is InChI=1S/C30H29F3N4O3/c1-39-26-14-21-13-24(28(20-11-7-4-8-12-20)34-23(21)15-27(26)40-2)35-29(38)36-25-17-37(18-30(31,32)33)16-22(25)19-9-5-3-6-10-19/h3-15,22,25H,16-18H2,1-2H3,(H2,35,36,38)/t22?,25-/m0/s1. The van der Waals surface area contributed by atoms with Crippen molar-refractivity contribution < 1.29 is 27.4 Å². The third-order valence-electron chi connectivity index (χ3n) is 6.96. The van der Waals surface area contributed by atoms with Gasteiger partial charge in [0.05, 0.1) is 43.7 Å². The second-order valence-corrected chi connectivity index (χ2v) is 9.68. The van der Waals surface area contributed by atoms with E-state index in [9.17, 15) is 18.0 Å². The minimum absolute atomic E-state index is 0.0744. The van der Waals surface area contributed by atoms with Gasteiger partial charge >= 0.3 is 12.2 Å². The molecule has 0 spiro atoms. The molecule has 1 aliphatic rings. The summed E-state index contributed by atoms with van der Waals surface area (Å²) in [6, 6.07) is 23.0. The zero-order chi connectivity index (χ0) is 28.3. The molecule has 1 aromatic heterocycles. The van der Waals surface area contributed by atoms with Gasteiger partial charge in [0.25, 0.3) is 0 Å². The predicted octanol–water partition coefficient (Wildman–Crippen LogP) is 6.07. The summed E-state index contributed by atoms with van der Waals surface area (Å²) in [5.74, 6) is 0.743. The van der Waals surface area contributed by atoms with Gasteiger partial charge in [0.1, 0.15) is 0 Å². The number of halogens is 3. The average molecular weight is 551 g/mol. The molecule has 1 saturated heterocycles. The minimum atomic E-state index is -4.33. The number of likely N-dealkylation sites (tertiary alicyclic amines) is 1. The maximum absolute atomic E-state index is 13.3. The number of hydrogen-bond donors (Lipinski definition) is 2. The fourth-order valence-electron chi connectivity index (χ4n) is 5.19. The van der Waals surface area contributed by atoms with Crippen LogP contribution in [0, 0.1) is 0 Å². The van der Waals surface area contributed by atoms with Crippen molar-refractivity contribution in [2.75, 3.05) is 39.2 Å². The molecule has 1 fully saturated rings. The van der Waals surface area contributed by atoms with Crippen molar-refractivity contribution in [3.05, 3.63) is 84.4 Å². The summed E-state index contributed by atoms with van der Waals surface area (Å²) in [6.07, 6.45) is -4.33. The number of aromatic nitrogens is 1. The van der Waals surface area contributed by atoms with Crippen LogP contribution in [0.15, 0.2) is 78.9 Å². The second-order valence-electron chi connectivity index (χ2n) is 9.68. The highest BCUT2D eigenvalue weighted by molar-refractivity contribution is 5.98. The SMILES string of the molecule is COc1cc2cc(NC(=O)N[C@H]3CN(CC(F)(F)F)CC3c3ccccc3)c(-c3ccccc3)nc2cc1OC. The van der Waals surface area contributed by atoms with Crippen molar-refractivity contribution in [2.24, 2.45) is 0 Å². The number of pyridine rings is 1. The van der Waals surface area contributed by atoms with Gasteiger partial charge in [0.15, 0.2) is 11.5 Å². The lowest BCUT2D eigenvalue weighted by Crippen LogP contribution is -2.43. The molecule has 0 saturated carbocycles. The van der Waals surface area contributed by atoms with E-state index < -0.39 is 24.8 Å². The number of methoxy groups -OCH3 is 2. The number of hydrogen-bond acceptors (Lipinski definition) is 5. The van der Waals surface area contributed by atoms with Crippen LogP contribution in [0.4, 0.5) is 23.7 Å². The minimum Gasteiger partial charge on any atom is -0.493 e. The van der Waals surface area contributed by atoms with Crippen LogP contribution < -0.4 is 20.1 Å². The summed E-state index contributed by atoms with van der Waals surface area (Å²) in [6.45, 7) is -0.776. The Morgan fingerprint density at radius 1 is 0.950 bits per heavy atom. The van der Waals surface area contributed by atoms with Gasteiger partial charge in [-0.1, -0.05) is 60.7 Å². The molecular weight excluding hydrogens is 521 g/mol. The molecule has 0 aliphatic carbocycles. The number of nitrogens with one attached hydrogen (secondary N) is 2. The third kappa shape index (κ3) is 6.12. The number of carbonyl (C=O) groups excluding carboxylic acids is 1. The number of benzene rings is 3. The van der Waals surface area contributed by atoms with Gasteiger partial charge in [-0.05, 0) is 17.7 Å². The number of fused-ring (bicyclic) bond motifs is 1. The topological polar surface area (TPSA) is 75.7 Å². The Kier molecular flexibility index (Phi) is 7.79. The Hall–Kier alpha value is -4.31. The number of carbonyl (C=O) groups is 1. The Morgan fingerprint density at radius 2 is 1.60 bits per heavy atom. The van der Waals surface area contributed by atoms with E-state index in [2.05, 4.69) is 10.6 Å². The third-order valence-corrected chi connectivity index (χ3v) is 6.96. The first kappa shape index (κ1) is 27.3. The van der Waals surface area contributed by atoms with Crippen molar-refractivity contribution in [1.82, 2.24) is 15.2 Å². The molecule has 1 aliphatic heterocycles. The van der Waals surface area contributed by atoms with Crippen LogP contribution in [0.25, 0.3) is 22.2 Å². The molecule has 3 aromatic carbocycles. The molecule has 10 heteroatoms. The lowest BCUT2D eigenvalue weighted by atomic mass is 9.94. The Balaban J connectivity index is 1.45. The predicted molar refractivity (Wildman–Crippen MR) is 148 cm³/mol. The van der Waals surface area contributed by atoms with Crippen LogP contribution in [-0.4, -0.2) is 62.0 Å². The van der Waals surface area contributed by atoms with Crippen molar-refractivity contribution >= 4 is 22.6 Å². The second kappa shape index (κ2) is 11.4. The number of amides is 2. The maximum atomic E-state index is 13.3. The first-order chi connectivity index (χ1) is 19.2. The van der Waals surface area contributed by atoms with E-state index in [1.807, 2.05) is 60.7 Å². The molecule has 0 bridgehead atoms. The number of urea groups is 1. The molecule has 5 rings (SSSR count). The van der Waals surface area contributed by atoms with E-state index in [0.29, 0.717) is 33.8 Å². The summed E-state index contributed by atoms with van der Waals surface area (Å²) >= 11 is 0. The fourth-order valence-corrected chi connectivity index (χ4v) is 5.19. The number of alkyl halides is 3. The van der Waals surface area contributed by atoms with Crippen LogP contribution >= 0.6 is 0 Å². The number of rotatable bonds is 7. The molecular formula is C30H29F3N4O3. The Morgan fingerprint density at radius 3 is 2.25 bits per heavy atom. The molecule has 0 radical (unpaired) electrons. The van der Waals surface area contributed by atoms with E-state index in [0.717, 1.165) is 11.1 Å². The van der Waals surface area contributed by atoms with E-state index in [1.54, 1.807) is 25.3 Å². The number of anilines is 1. The number of nitrogens with zero attached hydrogens (tertiary/aromatic N) is 2. The first-order valence-corrected chi connectivity index (χ1v) is 12.8. The lowest BCUT2D eigenvalue weighted by molar-refractivity contribution is -0.143. The highest BCUT2D eigenvalue weighted by atomic mass is 19.4. The molecule has 2 amide bonds. The van der Waals surface area contributed by atoms with Crippen LogP contribution in [0.3, 0.4) is 0 Å². The van der Waals surface area contributed by atoms with Gasteiger partial charge in [-0.25, -0.2) is 9.78 Å². The normalized spacial score (nSPS) is 17.5. The van der Waals surface area contributed by atoms with Gasteiger partial charge in [0.2, 0.25) is 0 Å². The smallest absolute Gasteiger partial charge is 0.401 e. The molecule has 2 heterocycles. The highest BCUT2D eigenvalue weighted by Crippen LogP contribution is 2.36. The van der Waals surface area contributed by atoms with Crippen molar-refractivity contribution in [3.63, 3.8) is 0 Å². The summed E-state index contributed by atoms with van der Waals surface area (Å²) in [5.41, 5.74) is 3.29. The van der Waals surface area contributed by atoms with E-state index in [1.165, 1.54) is 12.0 Å². The first-order valence-electron chi connectivity index (χ1n) is 12.8. The molecule has 4 aromatic rings. The van der Waals surface area contributed by atoms with Gasteiger partial charge in [-0.3, -0.25) is 4.90 Å². The monoisotopic (exact) mass is 550 g/mol. The lowest BCUT2D eigenvalue weighted by Gasteiger charge is -2.21. The van der Waals surface area contributed by atoms with Gasteiger partial charge < -0.3 is 20.1 Å². The molecule has 2 N–H and O–H groups in total. The Bertz CT molecular complexity index is 1480. The van der Waals surface area contributed by atoms with Gasteiger partial charge in [-0.2, -0.15) is 13.2 Å². The molecule has 2 atom stereocenters. The summed E-state index contributed by atoms with van der Waals surface area (Å²) in [7, 11) is 3.08. The fraction of sp³-hybridized carbons (Fsp3) is 0.267. The van der Waals surface area contributed by atoms with Gasteiger partial charge in [-0.15, -0.1) is 0 Å². The van der Waals surface area contributed by atoms with Gasteiger partial charge in [0, 0.05) is 36.0 Å². The van der Waals surface area contributed by atoms with Crippen molar-refractivity contribution in [1.29, 1.82) is 0 Å². The molecule has 1 unspecified atom stereocenters. The van der Waals surface area contributed by atoms with Crippen LogP contribution in [0.5, 0.6) is 11.5 Å². The van der Waals surface area contributed by atoms with E-state index in [4.69, 9.17) is 14.5 Å². The van der Waals surface area contributed by atoms with Crippen LogP contribution in [0.2, 0.25) is 0 Å².